The summed E-state index contributed by atoms with van der Waals surface area (Å²) in [7, 11) is 0. The number of anilines is 1. The Bertz CT molecular complexity index is 1390. The number of hydrogen-bond donors (Lipinski definition) is 4. The van der Waals surface area contributed by atoms with E-state index in [9.17, 15) is 29.1 Å². The first kappa shape index (κ1) is 31.1. The molecule has 3 heterocycles. The van der Waals surface area contributed by atoms with Crippen LogP contribution in [-0.4, -0.2) is 52.1 Å². The molecule has 0 saturated carbocycles. The van der Waals surface area contributed by atoms with Crippen molar-refractivity contribution >= 4 is 29.4 Å². The second-order valence-corrected chi connectivity index (χ2v) is 12.9. The number of carboxylic acid groups (broad SMARTS) is 1. The van der Waals surface area contributed by atoms with Gasteiger partial charge >= 0.3 is 5.97 Å². The highest BCUT2D eigenvalue weighted by molar-refractivity contribution is 6.08. The molecule has 4 rings (SSSR count). The molecule has 42 heavy (non-hydrogen) atoms. The van der Waals surface area contributed by atoms with Crippen molar-refractivity contribution in [1.82, 2.24) is 15.8 Å². The van der Waals surface area contributed by atoms with Gasteiger partial charge < -0.3 is 20.3 Å². The zero-order chi connectivity index (χ0) is 30.8. The minimum atomic E-state index is -1.14. The topological polar surface area (TPSA) is 162 Å². The monoisotopic (exact) mass is 582 g/mol. The lowest BCUT2D eigenvalue weighted by molar-refractivity contribution is -0.138. The molecule has 4 N–H and O–H groups in total. The number of H-pyrrole nitrogens is 1. The molecule has 0 radical (unpaired) electrons. The van der Waals surface area contributed by atoms with Crippen LogP contribution in [0.1, 0.15) is 77.0 Å². The van der Waals surface area contributed by atoms with Crippen LogP contribution in [0.4, 0.5) is 5.69 Å². The van der Waals surface area contributed by atoms with E-state index in [0.717, 1.165) is 17.5 Å². The first-order valence-electron chi connectivity index (χ1n) is 14.7. The van der Waals surface area contributed by atoms with Gasteiger partial charge in [-0.15, -0.1) is 0 Å². The minimum absolute atomic E-state index is 0.0494. The van der Waals surface area contributed by atoms with Gasteiger partial charge in [-0.2, -0.15) is 5.16 Å². The Morgan fingerprint density at radius 1 is 1.19 bits per heavy atom. The molecule has 11 nitrogen and oxygen atoms in total. The first-order chi connectivity index (χ1) is 19.8. The number of aryl methyl sites for hydroxylation is 1. The molecule has 2 aliphatic heterocycles. The van der Waals surface area contributed by atoms with E-state index in [1.807, 2.05) is 18.2 Å². The third-order valence-electron chi connectivity index (χ3n) is 8.40. The number of benzene rings is 1. The SMILES string of the molecule is CC[C@H](C)[C@H](CC(C)(C)C)C(=O)NC1CCc2cccc3c2N(C1=O)[C@H](C(=O)N[C@@H](CC(=O)O)Cc1co[nH]c1=O)C3. The molecule has 1 aromatic carbocycles. The van der Waals surface area contributed by atoms with Gasteiger partial charge in [0.2, 0.25) is 17.7 Å². The van der Waals surface area contributed by atoms with Crippen LogP contribution in [0.25, 0.3) is 0 Å². The van der Waals surface area contributed by atoms with Crippen molar-refractivity contribution in [3.63, 3.8) is 0 Å². The number of carbonyl (C=O) groups is 4. The number of carboxylic acids is 1. The van der Waals surface area contributed by atoms with E-state index in [1.165, 1.54) is 11.2 Å². The molecule has 0 aliphatic carbocycles. The van der Waals surface area contributed by atoms with Crippen LogP contribution in [0.5, 0.6) is 0 Å². The predicted molar refractivity (Wildman–Crippen MR) is 156 cm³/mol. The first-order valence-corrected chi connectivity index (χ1v) is 14.7. The van der Waals surface area contributed by atoms with E-state index in [2.05, 4.69) is 50.4 Å². The summed E-state index contributed by atoms with van der Waals surface area (Å²) in [5, 5.41) is 17.4. The average molecular weight is 583 g/mol. The van der Waals surface area contributed by atoms with Crippen molar-refractivity contribution in [2.45, 2.75) is 97.7 Å². The summed E-state index contributed by atoms with van der Waals surface area (Å²) >= 11 is 0. The smallest absolute Gasteiger partial charge is 0.305 e. The fourth-order valence-electron chi connectivity index (χ4n) is 6.11. The van der Waals surface area contributed by atoms with Gasteiger partial charge in [0.15, 0.2) is 0 Å². The number of rotatable bonds is 11. The van der Waals surface area contributed by atoms with Crippen molar-refractivity contribution in [3.05, 3.63) is 51.5 Å². The standard InChI is InChI=1S/C31H42N4O7/c1-6-17(2)22(15-31(3,4)5)28(39)33-23-11-10-18-8-7-9-19-13-24(35(26(18)19)30(23)41)29(40)32-21(14-25(36)37)12-20-16-42-34-27(20)38/h7-9,16-17,21-24H,6,10-15H2,1-5H3,(H,32,40)(H,33,39)(H,34,38)(H,36,37)/t17-,21+,22-,23?,24-/m0/s1. The van der Waals surface area contributed by atoms with E-state index in [0.29, 0.717) is 24.9 Å². The normalized spacial score (nSPS) is 20.3. The predicted octanol–water partition coefficient (Wildman–Crippen LogP) is 2.96. The minimum Gasteiger partial charge on any atom is -0.481 e. The number of para-hydroxylation sites is 1. The van der Waals surface area contributed by atoms with E-state index in [-0.39, 0.29) is 47.5 Å². The highest BCUT2D eigenvalue weighted by Crippen LogP contribution is 2.39. The number of aromatic amines is 1. The van der Waals surface area contributed by atoms with Crippen LogP contribution < -0.4 is 21.1 Å². The number of aromatic nitrogens is 1. The molecule has 11 heteroatoms. The van der Waals surface area contributed by atoms with E-state index in [4.69, 9.17) is 4.52 Å². The van der Waals surface area contributed by atoms with Gasteiger partial charge in [0.05, 0.1) is 17.7 Å². The van der Waals surface area contributed by atoms with Crippen LogP contribution in [0, 0.1) is 17.3 Å². The summed E-state index contributed by atoms with van der Waals surface area (Å²) in [4.78, 5) is 66.5. The average Bonchev–Trinajstić information content (AvgIpc) is 3.47. The maximum Gasteiger partial charge on any atom is 0.305 e. The summed E-state index contributed by atoms with van der Waals surface area (Å²) < 4.78 is 4.80. The molecule has 228 valence electrons. The van der Waals surface area contributed by atoms with Gasteiger partial charge in [-0.3, -0.25) is 28.9 Å². The van der Waals surface area contributed by atoms with E-state index in [1.54, 1.807) is 0 Å². The fourth-order valence-corrected chi connectivity index (χ4v) is 6.11. The number of aliphatic carboxylic acids is 1. The highest BCUT2D eigenvalue weighted by Gasteiger charge is 2.45. The fraction of sp³-hybridized carbons (Fsp3) is 0.581. The molecule has 0 spiro atoms. The van der Waals surface area contributed by atoms with E-state index < -0.39 is 42.0 Å². The Morgan fingerprint density at radius 3 is 2.52 bits per heavy atom. The Labute approximate surface area is 245 Å². The Balaban J connectivity index is 1.59. The second kappa shape index (κ2) is 12.5. The van der Waals surface area contributed by atoms with Gasteiger partial charge in [0, 0.05) is 24.8 Å². The zero-order valence-electron chi connectivity index (χ0n) is 25.0. The molecule has 1 aromatic heterocycles. The number of carbonyl (C=O) groups excluding carboxylic acids is 3. The summed E-state index contributed by atoms with van der Waals surface area (Å²) in [6.07, 6.45) is 3.45. The lowest BCUT2D eigenvalue weighted by Crippen LogP contribution is -2.56. The molecule has 1 unspecified atom stereocenters. The van der Waals surface area contributed by atoms with Crippen molar-refractivity contribution in [2.24, 2.45) is 17.3 Å². The molecule has 2 aliphatic rings. The van der Waals surface area contributed by atoms with Crippen molar-refractivity contribution in [3.8, 4) is 0 Å². The quantitative estimate of drug-likeness (QED) is 0.317. The molecule has 0 fully saturated rings. The number of hydrogen-bond acceptors (Lipinski definition) is 6. The van der Waals surface area contributed by atoms with Crippen LogP contribution in [0.15, 0.2) is 33.8 Å². The molecular weight excluding hydrogens is 540 g/mol. The molecular formula is C31H42N4O7. The Morgan fingerprint density at radius 2 is 1.90 bits per heavy atom. The van der Waals surface area contributed by atoms with Gasteiger partial charge in [-0.25, -0.2) is 0 Å². The lowest BCUT2D eigenvalue weighted by Gasteiger charge is -2.32. The largest absolute Gasteiger partial charge is 0.481 e. The number of amides is 3. The molecule has 5 atom stereocenters. The third-order valence-corrected chi connectivity index (χ3v) is 8.40. The zero-order valence-corrected chi connectivity index (χ0v) is 25.0. The highest BCUT2D eigenvalue weighted by atomic mass is 16.5. The van der Waals surface area contributed by atoms with Crippen LogP contribution in [0.2, 0.25) is 0 Å². The van der Waals surface area contributed by atoms with E-state index >= 15 is 0 Å². The van der Waals surface area contributed by atoms with Crippen molar-refractivity contribution in [1.29, 1.82) is 0 Å². The molecule has 0 bridgehead atoms. The Hall–Kier alpha value is -3.89. The second-order valence-electron chi connectivity index (χ2n) is 12.9. The van der Waals surface area contributed by atoms with Crippen LogP contribution in [0.3, 0.4) is 0 Å². The summed E-state index contributed by atoms with van der Waals surface area (Å²) in [6, 6.07) is 3.08. The molecule has 3 amide bonds. The van der Waals surface area contributed by atoms with Gasteiger partial charge in [-0.05, 0) is 41.7 Å². The van der Waals surface area contributed by atoms with Crippen molar-refractivity contribution < 1.29 is 28.8 Å². The summed E-state index contributed by atoms with van der Waals surface area (Å²) in [6.45, 7) is 10.4. The van der Waals surface area contributed by atoms with Crippen molar-refractivity contribution in [2.75, 3.05) is 4.90 Å². The third kappa shape index (κ3) is 6.94. The summed E-state index contributed by atoms with van der Waals surface area (Å²) in [5.74, 6) is -2.30. The van der Waals surface area contributed by atoms with Crippen LogP contribution >= 0.6 is 0 Å². The molecule has 0 saturated heterocycles. The van der Waals surface area contributed by atoms with Crippen LogP contribution in [-0.2, 0) is 38.4 Å². The summed E-state index contributed by atoms with van der Waals surface area (Å²) in [5.41, 5.74) is 2.09. The number of nitrogens with zero attached hydrogens (tertiary/aromatic N) is 1. The lowest BCUT2D eigenvalue weighted by atomic mass is 9.77. The maximum atomic E-state index is 14.1. The molecule has 2 aromatic rings. The van der Waals surface area contributed by atoms with Gasteiger partial charge in [0.25, 0.3) is 5.56 Å². The maximum absolute atomic E-state index is 14.1. The number of nitrogens with one attached hydrogen (secondary N) is 3. The van der Waals surface area contributed by atoms with Gasteiger partial charge in [-0.1, -0.05) is 59.2 Å². The van der Waals surface area contributed by atoms with Gasteiger partial charge in [0.1, 0.15) is 18.3 Å². The Kier molecular flexibility index (Phi) is 9.27.